The van der Waals surface area contributed by atoms with Crippen LogP contribution < -0.4 is 4.73 Å². The molecule has 0 amide bonds. The zero-order valence-corrected chi connectivity index (χ0v) is 11.3. The summed E-state index contributed by atoms with van der Waals surface area (Å²) in [5.41, 5.74) is 3.40. The second-order valence-electron chi connectivity index (χ2n) is 4.34. The SMILES string of the molecule is CCc1c[n+]([O-])c(CC)c(/C=C/c2ccccc2)n1. The highest BCUT2D eigenvalue weighted by atomic mass is 16.5. The van der Waals surface area contributed by atoms with Gasteiger partial charge in [0.15, 0.2) is 0 Å². The molecule has 3 heteroatoms. The Labute approximate surface area is 113 Å². The van der Waals surface area contributed by atoms with Gasteiger partial charge in [-0.25, -0.2) is 4.98 Å². The Hall–Kier alpha value is -2.16. The van der Waals surface area contributed by atoms with Gasteiger partial charge in [-0.3, -0.25) is 0 Å². The van der Waals surface area contributed by atoms with Gasteiger partial charge < -0.3 is 5.21 Å². The molecule has 2 rings (SSSR count). The van der Waals surface area contributed by atoms with Crippen molar-refractivity contribution in [2.75, 3.05) is 0 Å². The second kappa shape index (κ2) is 6.14. The normalized spacial score (nSPS) is 11.1. The van der Waals surface area contributed by atoms with Crippen LogP contribution in [0.2, 0.25) is 0 Å². The lowest BCUT2D eigenvalue weighted by molar-refractivity contribution is -0.615. The van der Waals surface area contributed by atoms with E-state index in [2.05, 4.69) is 4.98 Å². The number of hydrogen-bond acceptors (Lipinski definition) is 2. The van der Waals surface area contributed by atoms with E-state index in [1.807, 2.05) is 56.3 Å². The van der Waals surface area contributed by atoms with Crippen LogP contribution in [0, 0.1) is 5.21 Å². The molecule has 0 fully saturated rings. The minimum Gasteiger partial charge on any atom is -0.618 e. The number of aromatic nitrogens is 2. The fourth-order valence-electron chi connectivity index (χ4n) is 1.95. The van der Waals surface area contributed by atoms with Crippen molar-refractivity contribution < 1.29 is 4.73 Å². The minimum absolute atomic E-state index is 0.676. The standard InChI is InChI=1S/C16H18N2O/c1-3-14-12-18(19)16(4-2)15(17-14)11-10-13-8-6-5-7-9-13/h5-12H,3-4H2,1-2H3/b11-10+. The van der Waals surface area contributed by atoms with Crippen molar-refractivity contribution in [3.8, 4) is 0 Å². The maximum Gasteiger partial charge on any atom is 0.218 e. The lowest BCUT2D eigenvalue weighted by atomic mass is 10.1. The molecule has 1 aromatic carbocycles. The molecule has 0 spiro atoms. The van der Waals surface area contributed by atoms with Gasteiger partial charge in [0.05, 0.1) is 0 Å². The summed E-state index contributed by atoms with van der Waals surface area (Å²) in [5, 5.41) is 11.9. The van der Waals surface area contributed by atoms with E-state index in [9.17, 15) is 5.21 Å². The Morgan fingerprint density at radius 2 is 1.84 bits per heavy atom. The first kappa shape index (κ1) is 13.3. The Bertz CT molecular complexity index is 577. The molecular formula is C16H18N2O. The lowest BCUT2D eigenvalue weighted by Gasteiger charge is -2.07. The average molecular weight is 254 g/mol. The van der Waals surface area contributed by atoms with Gasteiger partial charge in [-0.1, -0.05) is 50.3 Å². The Morgan fingerprint density at radius 1 is 1.11 bits per heavy atom. The molecule has 3 nitrogen and oxygen atoms in total. The summed E-state index contributed by atoms with van der Waals surface area (Å²) in [6, 6.07) is 10.0. The third-order valence-electron chi connectivity index (χ3n) is 3.02. The van der Waals surface area contributed by atoms with Crippen LogP contribution in [0.25, 0.3) is 12.2 Å². The molecular weight excluding hydrogens is 236 g/mol. The first-order valence-corrected chi connectivity index (χ1v) is 6.59. The van der Waals surface area contributed by atoms with Crippen LogP contribution in [0.1, 0.15) is 36.5 Å². The van der Waals surface area contributed by atoms with Crippen molar-refractivity contribution in [3.63, 3.8) is 0 Å². The molecule has 98 valence electrons. The molecule has 0 saturated heterocycles. The van der Waals surface area contributed by atoms with Gasteiger partial charge in [-0.2, -0.15) is 4.73 Å². The van der Waals surface area contributed by atoms with Crippen molar-refractivity contribution in [1.29, 1.82) is 0 Å². The summed E-state index contributed by atoms with van der Waals surface area (Å²) in [6.45, 7) is 3.97. The van der Waals surface area contributed by atoms with E-state index in [4.69, 9.17) is 0 Å². The van der Waals surface area contributed by atoms with E-state index >= 15 is 0 Å². The average Bonchev–Trinajstić information content (AvgIpc) is 2.45. The van der Waals surface area contributed by atoms with Crippen LogP contribution in [0.3, 0.4) is 0 Å². The molecule has 19 heavy (non-hydrogen) atoms. The number of aryl methyl sites for hydroxylation is 1. The van der Waals surface area contributed by atoms with E-state index in [-0.39, 0.29) is 0 Å². The summed E-state index contributed by atoms with van der Waals surface area (Å²) in [6.07, 6.45) is 6.91. The molecule has 2 aromatic rings. The van der Waals surface area contributed by atoms with Gasteiger partial charge in [0.2, 0.25) is 11.9 Å². The summed E-state index contributed by atoms with van der Waals surface area (Å²) < 4.78 is 0.941. The molecule has 1 aromatic heterocycles. The van der Waals surface area contributed by atoms with Crippen LogP contribution in [0.4, 0.5) is 0 Å². The molecule has 0 N–H and O–H groups in total. The number of benzene rings is 1. The lowest BCUT2D eigenvalue weighted by Crippen LogP contribution is -2.33. The first-order valence-electron chi connectivity index (χ1n) is 6.59. The van der Waals surface area contributed by atoms with Crippen molar-refractivity contribution in [2.45, 2.75) is 26.7 Å². The van der Waals surface area contributed by atoms with Crippen LogP contribution in [-0.4, -0.2) is 4.98 Å². The summed E-state index contributed by atoms with van der Waals surface area (Å²) >= 11 is 0. The number of hydrogen-bond donors (Lipinski definition) is 0. The summed E-state index contributed by atoms with van der Waals surface area (Å²) in [7, 11) is 0. The van der Waals surface area contributed by atoms with Gasteiger partial charge in [-0.15, -0.1) is 0 Å². The largest absolute Gasteiger partial charge is 0.618 e. The van der Waals surface area contributed by atoms with Crippen molar-refractivity contribution in [1.82, 2.24) is 4.98 Å². The molecule has 0 atom stereocenters. The zero-order valence-electron chi connectivity index (χ0n) is 11.3. The monoisotopic (exact) mass is 254 g/mol. The van der Waals surface area contributed by atoms with Crippen molar-refractivity contribution in [3.05, 3.63) is 64.4 Å². The molecule has 0 aliphatic rings. The first-order chi connectivity index (χ1) is 9.24. The van der Waals surface area contributed by atoms with Crippen LogP contribution in [-0.2, 0) is 12.8 Å². The number of nitrogens with zero attached hydrogens (tertiary/aromatic N) is 2. The van der Waals surface area contributed by atoms with Crippen LogP contribution in [0.15, 0.2) is 36.5 Å². The fourth-order valence-corrected chi connectivity index (χ4v) is 1.95. The van der Waals surface area contributed by atoms with Gasteiger partial charge in [0, 0.05) is 6.42 Å². The van der Waals surface area contributed by atoms with Gasteiger partial charge >= 0.3 is 0 Å². The van der Waals surface area contributed by atoms with E-state index in [0.717, 1.165) is 28.1 Å². The Balaban J connectivity index is 2.38. The van der Waals surface area contributed by atoms with E-state index in [0.29, 0.717) is 12.1 Å². The molecule has 0 aliphatic heterocycles. The van der Waals surface area contributed by atoms with Gasteiger partial charge in [-0.05, 0) is 18.1 Å². The maximum atomic E-state index is 11.9. The Kier molecular flexibility index (Phi) is 4.29. The highest BCUT2D eigenvalue weighted by Crippen LogP contribution is 2.10. The van der Waals surface area contributed by atoms with E-state index in [1.165, 1.54) is 0 Å². The van der Waals surface area contributed by atoms with E-state index in [1.54, 1.807) is 6.20 Å². The van der Waals surface area contributed by atoms with Crippen molar-refractivity contribution in [2.24, 2.45) is 0 Å². The fraction of sp³-hybridized carbons (Fsp3) is 0.250. The minimum atomic E-state index is 0.676. The van der Waals surface area contributed by atoms with Crippen LogP contribution >= 0.6 is 0 Å². The molecule has 0 radical (unpaired) electrons. The molecule has 0 bridgehead atoms. The van der Waals surface area contributed by atoms with Crippen LogP contribution in [0.5, 0.6) is 0 Å². The predicted molar refractivity (Wildman–Crippen MR) is 77.3 cm³/mol. The summed E-state index contributed by atoms with van der Waals surface area (Å²) in [5.74, 6) is 0. The highest BCUT2D eigenvalue weighted by Gasteiger charge is 2.11. The smallest absolute Gasteiger partial charge is 0.218 e. The van der Waals surface area contributed by atoms with E-state index < -0.39 is 0 Å². The number of rotatable bonds is 4. The molecule has 0 unspecified atom stereocenters. The van der Waals surface area contributed by atoms with Gasteiger partial charge in [0.25, 0.3) is 0 Å². The third kappa shape index (κ3) is 3.19. The highest BCUT2D eigenvalue weighted by molar-refractivity contribution is 5.68. The zero-order chi connectivity index (χ0) is 13.7. The third-order valence-corrected chi connectivity index (χ3v) is 3.02. The Morgan fingerprint density at radius 3 is 2.47 bits per heavy atom. The predicted octanol–water partition coefficient (Wildman–Crippen LogP) is 3.01. The molecule has 1 heterocycles. The summed E-state index contributed by atoms with van der Waals surface area (Å²) in [4.78, 5) is 4.53. The molecule has 0 aliphatic carbocycles. The maximum absolute atomic E-state index is 11.9. The second-order valence-corrected chi connectivity index (χ2v) is 4.34. The van der Waals surface area contributed by atoms with Crippen molar-refractivity contribution >= 4 is 12.2 Å². The van der Waals surface area contributed by atoms with Gasteiger partial charge in [0.1, 0.15) is 11.4 Å². The quantitative estimate of drug-likeness (QED) is 0.621. The topological polar surface area (TPSA) is 39.8 Å². The molecule has 0 saturated carbocycles.